The Bertz CT molecular complexity index is 435. The van der Waals surface area contributed by atoms with Crippen LogP contribution in [0.5, 0.6) is 0 Å². The molecule has 118 valence electrons. The van der Waals surface area contributed by atoms with Gasteiger partial charge in [0.05, 0.1) is 32.2 Å². The minimum atomic E-state index is -0.841. The monoisotopic (exact) mass is 295 g/mol. The molecule has 1 heterocycles. The third kappa shape index (κ3) is 4.18. The molecule has 0 aromatic carbocycles. The van der Waals surface area contributed by atoms with E-state index in [1.165, 1.54) is 0 Å². The van der Waals surface area contributed by atoms with Crippen molar-refractivity contribution in [2.75, 3.05) is 26.2 Å². The smallest absolute Gasteiger partial charge is 0.279 e. The molecule has 2 amide bonds. The van der Waals surface area contributed by atoms with Crippen LogP contribution in [0.4, 0.5) is 0 Å². The van der Waals surface area contributed by atoms with Crippen molar-refractivity contribution in [1.29, 1.82) is 5.26 Å². The van der Waals surface area contributed by atoms with Crippen LogP contribution in [-0.2, 0) is 9.59 Å². The van der Waals surface area contributed by atoms with Crippen LogP contribution in [0.2, 0.25) is 0 Å². The summed E-state index contributed by atoms with van der Waals surface area (Å²) in [4.78, 5) is 26.7. The first-order valence-corrected chi connectivity index (χ1v) is 7.54. The molecule has 1 fully saturated rings. The van der Waals surface area contributed by atoms with Crippen LogP contribution >= 0.6 is 0 Å². The minimum Gasteiger partial charge on any atom is -0.333 e. The fourth-order valence-electron chi connectivity index (χ4n) is 2.39. The van der Waals surface area contributed by atoms with Gasteiger partial charge in [-0.2, -0.15) is 5.26 Å². The van der Waals surface area contributed by atoms with E-state index in [1.54, 1.807) is 13.8 Å². The van der Waals surface area contributed by atoms with Gasteiger partial charge in [-0.15, -0.1) is 0 Å². The zero-order valence-electron chi connectivity index (χ0n) is 13.7. The van der Waals surface area contributed by atoms with Crippen LogP contribution in [0, 0.1) is 17.2 Å². The molecule has 0 aliphatic carbocycles. The SMILES string of the molecule is CC(=O)N1CC[NH+]([C@H](C)C(=O)N[C@](C)(C#N)C(C)C)CC1. The largest absolute Gasteiger partial charge is 0.333 e. The van der Waals surface area contributed by atoms with Crippen molar-refractivity contribution in [3.8, 4) is 6.07 Å². The molecular weight excluding hydrogens is 268 g/mol. The molecule has 0 bridgehead atoms. The Morgan fingerprint density at radius 3 is 2.19 bits per heavy atom. The molecule has 1 saturated heterocycles. The number of hydrogen-bond donors (Lipinski definition) is 2. The Balaban J connectivity index is 2.60. The van der Waals surface area contributed by atoms with E-state index < -0.39 is 5.54 Å². The lowest BCUT2D eigenvalue weighted by Crippen LogP contribution is -3.19. The fraction of sp³-hybridized carbons (Fsp3) is 0.800. The molecule has 0 saturated carbocycles. The zero-order chi connectivity index (χ0) is 16.2. The van der Waals surface area contributed by atoms with Crippen molar-refractivity contribution in [3.63, 3.8) is 0 Å². The molecule has 2 atom stereocenters. The highest BCUT2D eigenvalue weighted by molar-refractivity contribution is 5.81. The summed E-state index contributed by atoms with van der Waals surface area (Å²) in [5.41, 5.74) is -0.841. The van der Waals surface area contributed by atoms with Crippen LogP contribution < -0.4 is 10.2 Å². The lowest BCUT2D eigenvalue weighted by molar-refractivity contribution is -0.918. The van der Waals surface area contributed by atoms with E-state index in [0.29, 0.717) is 13.1 Å². The molecular formula is C15H27N4O2+. The van der Waals surface area contributed by atoms with E-state index in [2.05, 4.69) is 11.4 Å². The summed E-state index contributed by atoms with van der Waals surface area (Å²) in [6, 6.07) is 1.98. The summed E-state index contributed by atoms with van der Waals surface area (Å²) >= 11 is 0. The molecule has 6 heteroatoms. The van der Waals surface area contributed by atoms with Crippen molar-refractivity contribution in [3.05, 3.63) is 0 Å². The summed E-state index contributed by atoms with van der Waals surface area (Å²) in [6.07, 6.45) is 0. The molecule has 0 aromatic rings. The Morgan fingerprint density at radius 2 is 1.81 bits per heavy atom. The summed E-state index contributed by atoms with van der Waals surface area (Å²) in [5, 5.41) is 12.1. The predicted molar refractivity (Wildman–Crippen MR) is 79.4 cm³/mol. The Labute approximate surface area is 127 Å². The third-order valence-electron chi connectivity index (χ3n) is 4.63. The van der Waals surface area contributed by atoms with Gasteiger partial charge >= 0.3 is 0 Å². The number of carbonyl (C=O) groups excluding carboxylic acids is 2. The summed E-state index contributed by atoms with van der Waals surface area (Å²) in [7, 11) is 0. The molecule has 2 N–H and O–H groups in total. The third-order valence-corrected chi connectivity index (χ3v) is 4.63. The first-order valence-electron chi connectivity index (χ1n) is 7.54. The number of hydrogen-bond acceptors (Lipinski definition) is 3. The van der Waals surface area contributed by atoms with Crippen LogP contribution in [0.1, 0.15) is 34.6 Å². The van der Waals surface area contributed by atoms with E-state index in [-0.39, 0.29) is 23.8 Å². The maximum atomic E-state index is 12.4. The van der Waals surface area contributed by atoms with Crippen LogP contribution in [0.25, 0.3) is 0 Å². The van der Waals surface area contributed by atoms with Crippen molar-refractivity contribution >= 4 is 11.8 Å². The van der Waals surface area contributed by atoms with Gasteiger partial charge in [-0.1, -0.05) is 13.8 Å². The quantitative estimate of drug-likeness (QED) is 0.711. The highest BCUT2D eigenvalue weighted by atomic mass is 16.2. The van der Waals surface area contributed by atoms with Crippen LogP contribution in [0.15, 0.2) is 0 Å². The lowest BCUT2D eigenvalue weighted by Gasteiger charge is -2.36. The van der Waals surface area contributed by atoms with Crippen LogP contribution in [-0.4, -0.2) is 54.5 Å². The van der Waals surface area contributed by atoms with Gasteiger partial charge in [0.1, 0.15) is 5.54 Å². The molecule has 0 radical (unpaired) electrons. The average Bonchev–Trinajstić information content (AvgIpc) is 2.46. The number of piperazine rings is 1. The molecule has 1 aliphatic rings. The van der Waals surface area contributed by atoms with Gasteiger partial charge in [0.2, 0.25) is 5.91 Å². The number of nitrogens with zero attached hydrogens (tertiary/aromatic N) is 2. The molecule has 0 unspecified atom stereocenters. The molecule has 6 nitrogen and oxygen atoms in total. The van der Waals surface area contributed by atoms with E-state index in [4.69, 9.17) is 0 Å². The number of nitrogens with one attached hydrogen (secondary N) is 2. The highest BCUT2D eigenvalue weighted by Crippen LogP contribution is 2.14. The van der Waals surface area contributed by atoms with Gasteiger partial charge in [-0.25, -0.2) is 0 Å². The first-order chi connectivity index (χ1) is 9.71. The molecule has 0 aromatic heterocycles. The molecule has 21 heavy (non-hydrogen) atoms. The number of nitriles is 1. The van der Waals surface area contributed by atoms with Crippen molar-refractivity contribution < 1.29 is 14.5 Å². The van der Waals surface area contributed by atoms with E-state index in [0.717, 1.165) is 18.0 Å². The number of quaternary nitrogens is 1. The number of carbonyl (C=O) groups is 2. The number of rotatable bonds is 4. The first kappa shape index (κ1) is 17.4. The van der Waals surface area contributed by atoms with Gasteiger partial charge in [-0.3, -0.25) is 9.59 Å². The Hall–Kier alpha value is -1.61. The van der Waals surface area contributed by atoms with Crippen molar-refractivity contribution in [2.24, 2.45) is 5.92 Å². The summed E-state index contributed by atoms with van der Waals surface area (Å²) in [6.45, 7) is 11.9. The molecule has 1 aliphatic heterocycles. The maximum Gasteiger partial charge on any atom is 0.279 e. The topological polar surface area (TPSA) is 77.6 Å². The maximum absolute atomic E-state index is 12.4. The van der Waals surface area contributed by atoms with Gasteiger partial charge in [0, 0.05) is 6.92 Å². The van der Waals surface area contributed by atoms with Crippen molar-refractivity contribution in [1.82, 2.24) is 10.2 Å². The summed E-state index contributed by atoms with van der Waals surface area (Å²) in [5.74, 6) is 0.0326. The highest BCUT2D eigenvalue weighted by Gasteiger charge is 2.36. The lowest BCUT2D eigenvalue weighted by atomic mass is 9.89. The molecule has 1 rings (SSSR count). The molecule has 0 spiro atoms. The van der Waals surface area contributed by atoms with Crippen LogP contribution in [0.3, 0.4) is 0 Å². The van der Waals surface area contributed by atoms with Gasteiger partial charge in [-0.05, 0) is 19.8 Å². The fourth-order valence-corrected chi connectivity index (χ4v) is 2.39. The van der Waals surface area contributed by atoms with E-state index in [9.17, 15) is 14.9 Å². The van der Waals surface area contributed by atoms with E-state index in [1.807, 2.05) is 25.7 Å². The minimum absolute atomic E-state index is 0.0446. The standard InChI is InChI=1S/C15H26N4O2/c1-11(2)15(5,10-16)17-14(21)12(3)18-6-8-19(9-7-18)13(4)20/h11-12H,6-9H2,1-5H3,(H,17,21)/p+1/t12-,15-/m1/s1. The van der Waals surface area contributed by atoms with Gasteiger partial charge < -0.3 is 15.1 Å². The van der Waals surface area contributed by atoms with Crippen molar-refractivity contribution in [2.45, 2.75) is 46.2 Å². The predicted octanol–water partition coefficient (Wildman–Crippen LogP) is -0.824. The van der Waals surface area contributed by atoms with Gasteiger partial charge in [0.15, 0.2) is 6.04 Å². The Kier molecular flexibility index (Phi) is 5.73. The second-order valence-electron chi connectivity index (χ2n) is 6.34. The normalized spacial score (nSPS) is 20.5. The zero-order valence-corrected chi connectivity index (χ0v) is 13.7. The second-order valence-corrected chi connectivity index (χ2v) is 6.34. The second kappa shape index (κ2) is 6.90. The Morgan fingerprint density at radius 1 is 1.29 bits per heavy atom. The number of amides is 2. The average molecular weight is 295 g/mol. The van der Waals surface area contributed by atoms with E-state index >= 15 is 0 Å². The van der Waals surface area contributed by atoms with Gasteiger partial charge in [0.25, 0.3) is 5.91 Å². The summed E-state index contributed by atoms with van der Waals surface area (Å²) < 4.78 is 0.